The Kier molecular flexibility index (Phi) is 4.97. The highest BCUT2D eigenvalue weighted by atomic mass is 32.2. The number of amides is 1. The standard InChI is InChI=1S/C15H14FNO3S2/c1-8(2)12(14(19)20)17-13(18)11(22-15(17)21)7-9-5-3-4-6-10(9)16/h3-8,12H,1-2H3,(H,19,20)/b11-7-/t12-/m0/s1. The first kappa shape index (κ1) is 16.6. The number of hydrogen-bond donors (Lipinski definition) is 1. The summed E-state index contributed by atoms with van der Waals surface area (Å²) in [6, 6.07) is 5.01. The molecule has 1 aromatic rings. The Morgan fingerprint density at radius 2 is 2.05 bits per heavy atom. The summed E-state index contributed by atoms with van der Waals surface area (Å²) in [6.45, 7) is 3.41. The zero-order valence-corrected chi connectivity index (χ0v) is 13.6. The maximum atomic E-state index is 13.7. The van der Waals surface area contributed by atoms with Crippen LogP contribution in [0.5, 0.6) is 0 Å². The molecule has 1 fully saturated rings. The topological polar surface area (TPSA) is 57.6 Å². The maximum absolute atomic E-state index is 13.7. The molecule has 0 unspecified atom stereocenters. The quantitative estimate of drug-likeness (QED) is 0.675. The molecule has 116 valence electrons. The molecule has 0 radical (unpaired) electrons. The number of carboxylic acids is 1. The Balaban J connectivity index is 2.37. The monoisotopic (exact) mass is 339 g/mol. The average molecular weight is 339 g/mol. The molecule has 1 aromatic carbocycles. The van der Waals surface area contributed by atoms with Crippen molar-refractivity contribution in [1.82, 2.24) is 4.90 Å². The second-order valence-corrected chi connectivity index (χ2v) is 6.78. The number of carboxylic acid groups (broad SMARTS) is 1. The van der Waals surface area contributed by atoms with E-state index in [1.54, 1.807) is 32.0 Å². The fraction of sp³-hybridized carbons (Fsp3) is 0.267. The van der Waals surface area contributed by atoms with E-state index in [1.165, 1.54) is 12.1 Å². The van der Waals surface area contributed by atoms with Crippen molar-refractivity contribution in [3.05, 3.63) is 40.6 Å². The zero-order chi connectivity index (χ0) is 16.4. The average Bonchev–Trinajstić information content (AvgIpc) is 2.69. The van der Waals surface area contributed by atoms with Crippen LogP contribution in [-0.2, 0) is 9.59 Å². The minimum atomic E-state index is -1.11. The molecule has 1 amide bonds. The Hall–Kier alpha value is -1.73. The number of carbonyl (C=O) groups excluding carboxylic acids is 1. The van der Waals surface area contributed by atoms with Crippen molar-refractivity contribution in [2.24, 2.45) is 5.92 Å². The summed E-state index contributed by atoms with van der Waals surface area (Å²) < 4.78 is 13.8. The van der Waals surface area contributed by atoms with Crippen LogP contribution in [0.1, 0.15) is 19.4 Å². The van der Waals surface area contributed by atoms with E-state index in [0.29, 0.717) is 0 Å². The predicted octanol–water partition coefficient (Wildman–Crippen LogP) is 3.14. The minimum absolute atomic E-state index is 0.175. The van der Waals surface area contributed by atoms with Gasteiger partial charge in [-0.05, 0) is 18.1 Å². The molecule has 1 saturated heterocycles. The lowest BCUT2D eigenvalue weighted by molar-refractivity contribution is -0.146. The number of aliphatic carboxylic acids is 1. The van der Waals surface area contributed by atoms with Gasteiger partial charge in [-0.2, -0.15) is 0 Å². The molecule has 0 saturated carbocycles. The second-order valence-electron chi connectivity index (χ2n) is 5.10. The predicted molar refractivity (Wildman–Crippen MR) is 87.7 cm³/mol. The number of carbonyl (C=O) groups is 2. The van der Waals surface area contributed by atoms with Gasteiger partial charge in [0.15, 0.2) is 0 Å². The summed E-state index contributed by atoms with van der Waals surface area (Å²) in [5, 5.41) is 9.32. The largest absolute Gasteiger partial charge is 0.480 e. The molecule has 0 bridgehead atoms. The van der Waals surface area contributed by atoms with Gasteiger partial charge in [-0.15, -0.1) is 0 Å². The molecule has 0 aromatic heterocycles. The summed E-state index contributed by atoms with van der Waals surface area (Å²) in [7, 11) is 0. The van der Waals surface area contributed by atoms with Crippen LogP contribution in [0.3, 0.4) is 0 Å². The summed E-state index contributed by atoms with van der Waals surface area (Å²) in [5.41, 5.74) is 0.263. The molecule has 7 heteroatoms. The number of thiocarbonyl (C=S) groups is 1. The number of nitrogens with zero attached hydrogens (tertiary/aromatic N) is 1. The summed E-state index contributed by atoms with van der Waals surface area (Å²) >= 11 is 6.12. The van der Waals surface area contributed by atoms with Gasteiger partial charge in [0.05, 0.1) is 4.91 Å². The van der Waals surface area contributed by atoms with Crippen molar-refractivity contribution >= 4 is 46.3 Å². The normalized spacial score (nSPS) is 18.4. The fourth-order valence-corrected chi connectivity index (χ4v) is 3.47. The van der Waals surface area contributed by atoms with Gasteiger partial charge < -0.3 is 5.11 Å². The third kappa shape index (κ3) is 3.20. The van der Waals surface area contributed by atoms with Gasteiger partial charge in [0.25, 0.3) is 5.91 Å². The van der Waals surface area contributed by atoms with Crippen molar-refractivity contribution in [1.29, 1.82) is 0 Å². The van der Waals surface area contributed by atoms with Crippen molar-refractivity contribution < 1.29 is 19.1 Å². The van der Waals surface area contributed by atoms with E-state index in [4.69, 9.17) is 12.2 Å². The van der Waals surface area contributed by atoms with Crippen molar-refractivity contribution in [2.45, 2.75) is 19.9 Å². The van der Waals surface area contributed by atoms with Crippen LogP contribution in [0.4, 0.5) is 4.39 Å². The van der Waals surface area contributed by atoms with Gasteiger partial charge in [0.2, 0.25) is 0 Å². The van der Waals surface area contributed by atoms with E-state index >= 15 is 0 Å². The molecule has 0 aliphatic carbocycles. The first-order valence-corrected chi connectivity index (χ1v) is 7.79. The molecular formula is C15H14FNO3S2. The van der Waals surface area contributed by atoms with E-state index < -0.39 is 23.7 Å². The number of hydrogen-bond acceptors (Lipinski definition) is 4. The Labute approximate surface area is 137 Å². The first-order valence-electron chi connectivity index (χ1n) is 6.57. The molecule has 1 atom stereocenters. The fourth-order valence-electron chi connectivity index (χ4n) is 2.15. The van der Waals surface area contributed by atoms with Crippen molar-refractivity contribution in [3.63, 3.8) is 0 Å². The Morgan fingerprint density at radius 1 is 1.41 bits per heavy atom. The van der Waals surface area contributed by atoms with Gasteiger partial charge in [0, 0.05) is 5.56 Å². The third-order valence-corrected chi connectivity index (χ3v) is 4.51. The summed E-state index contributed by atoms with van der Waals surface area (Å²) in [6.07, 6.45) is 1.40. The molecular weight excluding hydrogens is 325 g/mol. The highest BCUT2D eigenvalue weighted by molar-refractivity contribution is 8.26. The lowest BCUT2D eigenvalue weighted by Gasteiger charge is -2.26. The van der Waals surface area contributed by atoms with Crippen LogP contribution in [0, 0.1) is 11.7 Å². The maximum Gasteiger partial charge on any atom is 0.327 e. The highest BCUT2D eigenvalue weighted by Gasteiger charge is 2.41. The minimum Gasteiger partial charge on any atom is -0.480 e. The molecule has 22 heavy (non-hydrogen) atoms. The smallest absolute Gasteiger partial charge is 0.327 e. The first-order chi connectivity index (χ1) is 10.3. The summed E-state index contributed by atoms with van der Waals surface area (Å²) in [5.74, 6) is -2.36. The molecule has 0 spiro atoms. The zero-order valence-electron chi connectivity index (χ0n) is 11.9. The molecule has 1 N–H and O–H groups in total. The van der Waals surface area contributed by atoms with E-state index in [1.807, 2.05) is 0 Å². The molecule has 4 nitrogen and oxygen atoms in total. The van der Waals surface area contributed by atoms with E-state index in [2.05, 4.69) is 0 Å². The lowest BCUT2D eigenvalue weighted by Crippen LogP contribution is -2.47. The van der Waals surface area contributed by atoms with Gasteiger partial charge in [-0.1, -0.05) is 56.0 Å². The lowest BCUT2D eigenvalue weighted by atomic mass is 10.0. The molecule has 2 rings (SSSR count). The molecule has 1 aliphatic heterocycles. The Bertz CT molecular complexity index is 673. The second kappa shape index (κ2) is 6.58. The van der Waals surface area contributed by atoms with Gasteiger partial charge >= 0.3 is 5.97 Å². The highest BCUT2D eigenvalue weighted by Crippen LogP contribution is 2.35. The van der Waals surface area contributed by atoms with Crippen LogP contribution >= 0.6 is 24.0 Å². The van der Waals surface area contributed by atoms with E-state index in [-0.39, 0.29) is 20.7 Å². The number of rotatable bonds is 4. The van der Waals surface area contributed by atoms with Crippen LogP contribution in [0.15, 0.2) is 29.2 Å². The molecule has 1 heterocycles. The summed E-state index contributed by atoms with van der Waals surface area (Å²) in [4.78, 5) is 25.2. The van der Waals surface area contributed by atoms with Crippen molar-refractivity contribution in [2.75, 3.05) is 0 Å². The van der Waals surface area contributed by atoms with Gasteiger partial charge in [0.1, 0.15) is 16.2 Å². The number of benzene rings is 1. The number of halogens is 1. The van der Waals surface area contributed by atoms with Crippen LogP contribution in [0.2, 0.25) is 0 Å². The van der Waals surface area contributed by atoms with Crippen molar-refractivity contribution in [3.8, 4) is 0 Å². The van der Waals surface area contributed by atoms with E-state index in [0.717, 1.165) is 16.7 Å². The van der Waals surface area contributed by atoms with Crippen LogP contribution < -0.4 is 0 Å². The SMILES string of the molecule is CC(C)[C@@H](C(=O)O)N1C(=O)/C(=C/c2ccccc2F)SC1=S. The van der Waals surface area contributed by atoms with Crippen LogP contribution in [0.25, 0.3) is 6.08 Å². The third-order valence-electron chi connectivity index (χ3n) is 3.18. The Morgan fingerprint density at radius 3 is 2.59 bits per heavy atom. The molecule has 1 aliphatic rings. The van der Waals surface area contributed by atoms with Gasteiger partial charge in [-0.3, -0.25) is 9.69 Å². The van der Waals surface area contributed by atoms with Gasteiger partial charge in [-0.25, -0.2) is 9.18 Å². The van der Waals surface area contributed by atoms with Crippen LogP contribution in [-0.4, -0.2) is 32.2 Å². The van der Waals surface area contributed by atoms with E-state index in [9.17, 15) is 19.1 Å². The number of thioether (sulfide) groups is 1.